The number of rotatable bonds is 4. The summed E-state index contributed by atoms with van der Waals surface area (Å²) in [6, 6.07) is 1.56. The van der Waals surface area contributed by atoms with Gasteiger partial charge in [0.1, 0.15) is 0 Å². The van der Waals surface area contributed by atoms with Crippen LogP contribution in [0, 0.1) is 22.5 Å². The summed E-state index contributed by atoms with van der Waals surface area (Å²) in [5, 5.41) is 0. The second-order valence-corrected chi connectivity index (χ2v) is 5.49. The maximum absolute atomic E-state index is 11.1. The van der Waals surface area contributed by atoms with E-state index < -0.39 is 0 Å². The summed E-state index contributed by atoms with van der Waals surface area (Å²) in [4.78, 5) is 13.8. The van der Waals surface area contributed by atoms with Crippen LogP contribution in [-0.2, 0) is 6.54 Å². The zero-order valence-corrected chi connectivity index (χ0v) is 10.0. The van der Waals surface area contributed by atoms with Crippen molar-refractivity contribution in [2.45, 2.75) is 32.2 Å². The lowest BCUT2D eigenvalue weighted by Gasteiger charge is -2.17. The molecule has 2 fully saturated rings. The van der Waals surface area contributed by atoms with Crippen LogP contribution in [0.5, 0.6) is 0 Å². The van der Waals surface area contributed by atoms with Crippen molar-refractivity contribution in [2.75, 3.05) is 0 Å². The van der Waals surface area contributed by atoms with Crippen molar-refractivity contribution in [1.82, 2.24) is 9.55 Å². The van der Waals surface area contributed by atoms with Gasteiger partial charge in [-0.25, -0.2) is 0 Å². The number of aromatic amines is 1. The third kappa shape index (κ3) is 2.12. The van der Waals surface area contributed by atoms with E-state index in [4.69, 9.17) is 12.2 Å². The SMILES string of the molecule is O=c1ccn(CC(C2CC2)C2CC2)c(=S)[nH]1. The van der Waals surface area contributed by atoms with Crippen molar-refractivity contribution in [3.05, 3.63) is 27.4 Å². The highest BCUT2D eigenvalue weighted by Crippen LogP contribution is 2.49. The molecule has 4 heteroatoms. The highest BCUT2D eigenvalue weighted by molar-refractivity contribution is 7.71. The van der Waals surface area contributed by atoms with Gasteiger partial charge in [0, 0.05) is 18.8 Å². The van der Waals surface area contributed by atoms with E-state index in [9.17, 15) is 4.79 Å². The largest absolute Gasteiger partial charge is 0.325 e. The number of hydrogen-bond donors (Lipinski definition) is 1. The lowest BCUT2D eigenvalue weighted by molar-refractivity contribution is 0.344. The zero-order valence-electron chi connectivity index (χ0n) is 9.19. The number of nitrogens with zero attached hydrogens (tertiary/aromatic N) is 1. The van der Waals surface area contributed by atoms with Crippen molar-refractivity contribution >= 4 is 12.2 Å². The topological polar surface area (TPSA) is 37.8 Å². The summed E-state index contributed by atoms with van der Waals surface area (Å²) in [5.41, 5.74) is -0.101. The monoisotopic (exact) mass is 236 g/mol. The van der Waals surface area contributed by atoms with Crippen LogP contribution in [-0.4, -0.2) is 9.55 Å². The van der Waals surface area contributed by atoms with Gasteiger partial charge in [0.05, 0.1) is 0 Å². The third-order valence-electron chi connectivity index (χ3n) is 3.76. The van der Waals surface area contributed by atoms with Gasteiger partial charge < -0.3 is 4.57 Å². The van der Waals surface area contributed by atoms with Crippen LogP contribution in [0.25, 0.3) is 0 Å². The maximum atomic E-state index is 11.1. The van der Waals surface area contributed by atoms with E-state index in [0.717, 1.165) is 24.3 Å². The summed E-state index contributed by atoms with van der Waals surface area (Å²) in [6.07, 6.45) is 7.38. The fraction of sp³-hybridized carbons (Fsp3) is 0.667. The predicted molar refractivity (Wildman–Crippen MR) is 64.8 cm³/mol. The Morgan fingerprint density at radius 1 is 1.38 bits per heavy atom. The summed E-state index contributed by atoms with van der Waals surface area (Å²) in [5.74, 6) is 2.63. The Labute approximate surface area is 99.5 Å². The van der Waals surface area contributed by atoms with Gasteiger partial charge in [-0.3, -0.25) is 9.78 Å². The van der Waals surface area contributed by atoms with Gasteiger partial charge in [-0.2, -0.15) is 0 Å². The molecule has 0 aromatic carbocycles. The van der Waals surface area contributed by atoms with Gasteiger partial charge in [0.15, 0.2) is 4.77 Å². The Bertz CT molecular complexity index is 484. The highest BCUT2D eigenvalue weighted by atomic mass is 32.1. The fourth-order valence-corrected chi connectivity index (χ4v) is 2.78. The number of hydrogen-bond acceptors (Lipinski definition) is 2. The summed E-state index contributed by atoms with van der Waals surface area (Å²) in [6.45, 7) is 0.991. The minimum absolute atomic E-state index is 0.101. The molecule has 0 aliphatic heterocycles. The van der Waals surface area contributed by atoms with Crippen LogP contribution < -0.4 is 5.56 Å². The van der Waals surface area contributed by atoms with E-state index >= 15 is 0 Å². The average Bonchev–Trinajstić information content (AvgIpc) is 3.11. The first kappa shape index (κ1) is 10.3. The Morgan fingerprint density at radius 2 is 2.00 bits per heavy atom. The second kappa shape index (κ2) is 3.84. The standard InChI is InChI=1S/C12H16N2OS/c15-11-5-6-14(12(16)13-11)7-10(8-1-2-8)9-3-4-9/h5-6,8-10H,1-4,7H2,(H,13,15,16). The molecule has 0 spiro atoms. The zero-order chi connectivity index (χ0) is 11.1. The molecule has 3 nitrogen and oxygen atoms in total. The van der Waals surface area contributed by atoms with Gasteiger partial charge in [-0.15, -0.1) is 0 Å². The van der Waals surface area contributed by atoms with Gasteiger partial charge in [0.2, 0.25) is 0 Å². The normalized spacial score (nSPS) is 20.3. The van der Waals surface area contributed by atoms with Crippen LogP contribution >= 0.6 is 12.2 Å². The van der Waals surface area contributed by atoms with Crippen LogP contribution in [0.15, 0.2) is 17.1 Å². The van der Waals surface area contributed by atoms with Gasteiger partial charge in [-0.05, 0) is 55.7 Å². The lowest BCUT2D eigenvalue weighted by Crippen LogP contribution is -2.18. The molecule has 2 saturated carbocycles. The molecule has 16 heavy (non-hydrogen) atoms. The van der Waals surface area contributed by atoms with E-state index in [0.29, 0.717) is 4.77 Å². The van der Waals surface area contributed by atoms with Crippen molar-refractivity contribution in [3.63, 3.8) is 0 Å². The van der Waals surface area contributed by atoms with Crippen LogP contribution in [0.1, 0.15) is 25.7 Å². The van der Waals surface area contributed by atoms with Crippen molar-refractivity contribution in [2.24, 2.45) is 17.8 Å². The quantitative estimate of drug-likeness (QED) is 0.815. The molecule has 0 radical (unpaired) electrons. The van der Waals surface area contributed by atoms with Crippen LogP contribution in [0.4, 0.5) is 0 Å². The second-order valence-electron chi connectivity index (χ2n) is 5.10. The fourth-order valence-electron chi connectivity index (χ4n) is 2.55. The molecule has 0 amide bonds. The number of nitrogens with one attached hydrogen (secondary N) is 1. The molecule has 0 unspecified atom stereocenters. The number of aromatic nitrogens is 2. The Hall–Kier alpha value is -0.900. The molecule has 1 N–H and O–H groups in total. The van der Waals surface area contributed by atoms with Crippen LogP contribution in [0.2, 0.25) is 0 Å². The summed E-state index contributed by atoms with van der Waals surface area (Å²) in [7, 11) is 0. The Balaban J connectivity index is 1.81. The minimum Gasteiger partial charge on any atom is -0.325 e. The van der Waals surface area contributed by atoms with Crippen molar-refractivity contribution in [3.8, 4) is 0 Å². The van der Waals surface area contributed by atoms with Gasteiger partial charge in [-0.1, -0.05) is 0 Å². The molecular formula is C12H16N2OS. The molecule has 3 rings (SSSR count). The molecule has 0 bridgehead atoms. The van der Waals surface area contributed by atoms with E-state index in [1.54, 1.807) is 6.07 Å². The van der Waals surface area contributed by atoms with Gasteiger partial charge in [0.25, 0.3) is 5.56 Å². The molecule has 0 saturated heterocycles. The van der Waals surface area contributed by atoms with E-state index in [-0.39, 0.29) is 5.56 Å². The van der Waals surface area contributed by atoms with Crippen molar-refractivity contribution < 1.29 is 0 Å². The lowest BCUT2D eigenvalue weighted by atomic mass is 9.98. The van der Waals surface area contributed by atoms with E-state index in [2.05, 4.69) is 4.98 Å². The first-order chi connectivity index (χ1) is 7.74. The molecule has 1 heterocycles. The van der Waals surface area contributed by atoms with E-state index in [1.165, 1.54) is 25.7 Å². The smallest absolute Gasteiger partial charge is 0.251 e. The molecule has 2 aliphatic carbocycles. The average molecular weight is 236 g/mol. The molecule has 86 valence electrons. The Morgan fingerprint density at radius 3 is 2.50 bits per heavy atom. The first-order valence-electron chi connectivity index (χ1n) is 6.04. The minimum atomic E-state index is -0.101. The first-order valence-corrected chi connectivity index (χ1v) is 6.44. The highest BCUT2D eigenvalue weighted by Gasteiger charge is 2.41. The predicted octanol–water partition coefficient (Wildman–Crippen LogP) is 2.34. The van der Waals surface area contributed by atoms with E-state index in [1.807, 2.05) is 10.8 Å². The third-order valence-corrected chi connectivity index (χ3v) is 4.10. The molecule has 0 atom stereocenters. The molecule has 1 aromatic heterocycles. The molecular weight excluding hydrogens is 220 g/mol. The van der Waals surface area contributed by atoms with Crippen LogP contribution in [0.3, 0.4) is 0 Å². The molecule has 2 aliphatic rings. The maximum Gasteiger partial charge on any atom is 0.251 e. The summed E-state index contributed by atoms with van der Waals surface area (Å²) >= 11 is 5.18. The van der Waals surface area contributed by atoms with Crippen molar-refractivity contribution in [1.29, 1.82) is 0 Å². The Kier molecular flexibility index (Phi) is 2.46. The number of H-pyrrole nitrogens is 1. The van der Waals surface area contributed by atoms with Gasteiger partial charge >= 0.3 is 0 Å². The summed E-state index contributed by atoms with van der Waals surface area (Å²) < 4.78 is 2.59. The molecule has 1 aromatic rings.